The topological polar surface area (TPSA) is 432 Å². The summed E-state index contributed by atoms with van der Waals surface area (Å²) in [6, 6.07) is 14.4. The minimum atomic E-state index is -2.00. The fourth-order valence-corrected chi connectivity index (χ4v) is 7.68. The maximum atomic E-state index is 13.9. The number of carboxylic acid groups (broad SMARTS) is 1. The average molecular weight is 1020 g/mol. The van der Waals surface area contributed by atoms with Crippen LogP contribution in [0, 0.1) is 5.41 Å². The number of aromatic nitrogens is 2. The van der Waals surface area contributed by atoms with Crippen LogP contribution in [-0.4, -0.2) is 207 Å². The molecule has 2 aromatic carbocycles. The lowest BCUT2D eigenvalue weighted by molar-refractivity contribution is -0.150. The van der Waals surface area contributed by atoms with Crippen molar-refractivity contribution in [1.29, 1.82) is 5.41 Å². The molecule has 0 aliphatic rings. The van der Waals surface area contributed by atoms with E-state index < -0.39 is 99.0 Å². The zero-order chi connectivity index (χ0) is 52.8. The molecule has 71 heavy (non-hydrogen) atoms. The van der Waals surface area contributed by atoms with Crippen molar-refractivity contribution in [3.05, 3.63) is 70.5 Å². The first kappa shape index (κ1) is 60.1. The summed E-state index contributed by atoms with van der Waals surface area (Å²) in [5.74, 6) is -3.03. The Morgan fingerprint density at radius 2 is 1.20 bits per heavy atom. The first-order valence-electron chi connectivity index (χ1n) is 23.2. The SMILES string of the molecule is N=C(NCCCCc1ccc(-c2ccc(CCC(=O)N(CCCN(C[C@H](O)[C@@H](O)[C@H](O)[C@H](O)CO)C[C@H](O)[C@@H](O)[C@H](O)[C@H](O)CO)[C@@H](CCCCN)C(=O)O)cc2)cc1)NC(=O)c1nc(Cl)c(N)nc1N. The Hall–Kier alpha value is -5.19. The number of rotatable bonds is 32. The minimum Gasteiger partial charge on any atom is -0.480 e. The molecule has 0 fully saturated rings. The van der Waals surface area contributed by atoms with E-state index in [0.29, 0.717) is 32.4 Å². The highest BCUT2D eigenvalue weighted by molar-refractivity contribution is 6.31. The number of anilines is 2. The molecule has 0 aliphatic carbocycles. The number of aliphatic carboxylic acids is 1. The van der Waals surface area contributed by atoms with Crippen molar-refractivity contribution in [1.82, 2.24) is 30.4 Å². The number of hydrogen-bond donors (Lipinski definition) is 17. The molecule has 396 valence electrons. The van der Waals surface area contributed by atoms with Crippen LogP contribution in [-0.2, 0) is 22.4 Å². The van der Waals surface area contributed by atoms with Gasteiger partial charge in [0.2, 0.25) is 5.91 Å². The van der Waals surface area contributed by atoms with Gasteiger partial charge in [-0.15, -0.1) is 0 Å². The van der Waals surface area contributed by atoms with Crippen LogP contribution in [0.5, 0.6) is 0 Å². The van der Waals surface area contributed by atoms with Gasteiger partial charge in [0.1, 0.15) is 42.7 Å². The molecule has 0 radical (unpaired) electrons. The Morgan fingerprint density at radius 3 is 1.70 bits per heavy atom. The van der Waals surface area contributed by atoms with E-state index in [1.165, 1.54) is 9.80 Å². The smallest absolute Gasteiger partial charge is 0.326 e. The van der Waals surface area contributed by atoms with Gasteiger partial charge >= 0.3 is 5.97 Å². The third-order valence-corrected chi connectivity index (χ3v) is 12.0. The van der Waals surface area contributed by atoms with E-state index in [1.807, 2.05) is 48.5 Å². The van der Waals surface area contributed by atoms with Gasteiger partial charge in [-0.05, 0) is 80.2 Å². The fraction of sp³-hybridized carbons (Fsp3) is 0.565. The largest absolute Gasteiger partial charge is 0.480 e. The number of aliphatic hydroxyl groups is 10. The second-order valence-corrected chi connectivity index (χ2v) is 17.5. The van der Waals surface area contributed by atoms with Crippen LogP contribution in [0.25, 0.3) is 11.1 Å². The summed E-state index contributed by atoms with van der Waals surface area (Å²) in [5, 5.41) is 124. The number of nitrogens with two attached hydrogens (primary N) is 3. The number of guanidine groups is 1. The molecule has 3 aromatic rings. The van der Waals surface area contributed by atoms with Crippen LogP contribution in [0.2, 0.25) is 5.15 Å². The molecule has 0 aliphatic heterocycles. The third-order valence-electron chi connectivity index (χ3n) is 11.7. The summed E-state index contributed by atoms with van der Waals surface area (Å²) in [5.41, 5.74) is 20.4. The van der Waals surface area contributed by atoms with E-state index in [-0.39, 0.29) is 67.2 Å². The molecule has 0 spiro atoms. The molecule has 3 rings (SSSR count). The van der Waals surface area contributed by atoms with Crippen LogP contribution in [0.4, 0.5) is 11.6 Å². The van der Waals surface area contributed by atoms with Crippen molar-refractivity contribution < 1.29 is 70.6 Å². The predicted molar refractivity (Wildman–Crippen MR) is 262 cm³/mol. The summed E-state index contributed by atoms with van der Waals surface area (Å²) in [4.78, 5) is 49.0. The van der Waals surface area contributed by atoms with Crippen molar-refractivity contribution >= 4 is 47.0 Å². The zero-order valence-corrected chi connectivity index (χ0v) is 40.1. The van der Waals surface area contributed by atoms with Gasteiger partial charge in [0.15, 0.2) is 28.4 Å². The molecule has 0 saturated heterocycles. The quantitative estimate of drug-likeness (QED) is 0.0170. The van der Waals surface area contributed by atoms with Gasteiger partial charge < -0.3 is 83.6 Å². The van der Waals surface area contributed by atoms with E-state index in [4.69, 9.17) is 34.2 Å². The number of nitrogens with zero attached hydrogens (tertiary/aromatic N) is 4. The number of aliphatic hydroxyl groups excluding tert-OH is 10. The second-order valence-electron chi connectivity index (χ2n) is 17.2. The van der Waals surface area contributed by atoms with Gasteiger partial charge in [-0.3, -0.25) is 25.2 Å². The van der Waals surface area contributed by atoms with Gasteiger partial charge in [0.05, 0.1) is 25.4 Å². The Labute approximate surface area is 416 Å². The minimum absolute atomic E-state index is 0.0231. The van der Waals surface area contributed by atoms with Crippen LogP contribution >= 0.6 is 11.6 Å². The molecule has 20 N–H and O–H groups in total. The first-order valence-corrected chi connectivity index (χ1v) is 23.6. The molecule has 1 aromatic heterocycles. The fourth-order valence-electron chi connectivity index (χ4n) is 7.56. The number of carbonyl (C=O) groups is 3. The molecule has 0 bridgehead atoms. The molecule has 25 heteroatoms. The monoisotopic (exact) mass is 1020 g/mol. The summed E-state index contributed by atoms with van der Waals surface area (Å²) in [7, 11) is 0. The number of nitrogen functional groups attached to an aromatic ring is 2. The molecular formula is C46H71ClN10O14. The lowest BCUT2D eigenvalue weighted by atomic mass is 9.99. The number of carbonyl (C=O) groups excluding carboxylic acids is 2. The van der Waals surface area contributed by atoms with Crippen LogP contribution < -0.4 is 27.8 Å². The Bertz CT molecular complexity index is 2080. The number of nitrogens with one attached hydrogen (secondary N) is 3. The maximum Gasteiger partial charge on any atom is 0.326 e. The summed E-state index contributed by atoms with van der Waals surface area (Å²) >= 11 is 5.83. The Kier molecular flexibility index (Phi) is 25.9. The summed E-state index contributed by atoms with van der Waals surface area (Å²) < 4.78 is 0. The number of hydrogen-bond acceptors (Lipinski definition) is 20. The first-order chi connectivity index (χ1) is 33.7. The standard InChI is InChI=1S/C46H71ClN10O14/c47-41-43(50)54-42(49)36(53-41)44(69)55-46(51)52-19-4-2-6-26-8-13-28(14-9-26)29-15-10-27(11-16-29)12-17-35(64)57(30(45(70)71)7-1-3-18-48)21-5-20-56(22-31(60)37(65)39(67)33(62)24-58)23-32(61)38(66)40(68)34(63)25-59/h8-11,13-16,30-34,37-40,58-63,65-68H,1-7,12,17-25,48H2,(H,70,71)(H4,49,50,54)(H3,51,52,55,69)/t30-,31-,32-,33+,34+,37+,38+,39+,40+/m0/s1. The average Bonchev–Trinajstić information content (AvgIpc) is 3.35. The van der Waals surface area contributed by atoms with Gasteiger partial charge in [-0.25, -0.2) is 14.8 Å². The van der Waals surface area contributed by atoms with Crippen molar-refractivity contribution in [3.63, 3.8) is 0 Å². The molecule has 2 amide bonds. The molecule has 9 atom stereocenters. The van der Waals surface area contributed by atoms with E-state index in [0.717, 1.165) is 35.1 Å². The van der Waals surface area contributed by atoms with E-state index >= 15 is 0 Å². The molecule has 1 heterocycles. The lowest BCUT2D eigenvalue weighted by Crippen LogP contribution is -2.53. The van der Waals surface area contributed by atoms with Gasteiger partial charge in [0, 0.05) is 39.1 Å². The number of carboxylic acids is 1. The molecule has 24 nitrogen and oxygen atoms in total. The second kappa shape index (κ2) is 30.6. The molecule has 0 saturated carbocycles. The van der Waals surface area contributed by atoms with Crippen molar-refractivity contribution in [2.75, 3.05) is 63.9 Å². The van der Waals surface area contributed by atoms with Crippen LogP contribution in [0.15, 0.2) is 48.5 Å². The van der Waals surface area contributed by atoms with E-state index in [2.05, 4.69) is 20.6 Å². The zero-order valence-electron chi connectivity index (χ0n) is 39.4. The number of amides is 2. The summed E-state index contributed by atoms with van der Waals surface area (Å²) in [6.45, 7) is -2.44. The van der Waals surface area contributed by atoms with E-state index in [9.17, 15) is 70.6 Å². The lowest BCUT2D eigenvalue weighted by Gasteiger charge is -2.34. The normalized spacial score (nSPS) is 15.5. The van der Waals surface area contributed by atoms with Crippen LogP contribution in [0.3, 0.4) is 0 Å². The van der Waals surface area contributed by atoms with Gasteiger partial charge in [0.25, 0.3) is 5.91 Å². The third kappa shape index (κ3) is 19.4. The Balaban J connectivity index is 1.61. The van der Waals surface area contributed by atoms with Crippen molar-refractivity contribution in [3.8, 4) is 11.1 Å². The maximum absolute atomic E-state index is 13.9. The van der Waals surface area contributed by atoms with Gasteiger partial charge in [-0.1, -0.05) is 60.1 Å². The van der Waals surface area contributed by atoms with Crippen LogP contribution in [0.1, 0.15) is 66.6 Å². The highest BCUT2D eigenvalue weighted by Crippen LogP contribution is 2.23. The number of benzene rings is 2. The molecular weight excluding hydrogens is 952 g/mol. The predicted octanol–water partition coefficient (Wildman–Crippen LogP) is -2.85. The number of unbranched alkanes of at least 4 members (excludes halogenated alkanes) is 2. The number of aryl methyl sites for hydroxylation is 2. The van der Waals surface area contributed by atoms with E-state index in [1.54, 1.807) is 0 Å². The van der Waals surface area contributed by atoms with Crippen molar-refractivity contribution in [2.24, 2.45) is 5.73 Å². The Morgan fingerprint density at radius 1 is 0.676 bits per heavy atom. The summed E-state index contributed by atoms with van der Waals surface area (Å²) in [6.07, 6.45) is -11.7. The highest BCUT2D eigenvalue weighted by atomic mass is 35.5. The highest BCUT2D eigenvalue weighted by Gasteiger charge is 2.35. The van der Waals surface area contributed by atoms with Gasteiger partial charge in [-0.2, -0.15) is 0 Å². The van der Waals surface area contributed by atoms with Crippen molar-refractivity contribution in [2.45, 2.75) is 113 Å². The number of halogens is 1. The molecule has 0 unspecified atom stereocenters.